The molecule has 1 aliphatic rings. The van der Waals surface area contributed by atoms with E-state index in [4.69, 9.17) is 5.73 Å². The Kier molecular flexibility index (Phi) is 4.07. The van der Waals surface area contributed by atoms with E-state index in [9.17, 15) is 9.59 Å². The van der Waals surface area contributed by atoms with Crippen LogP contribution in [0.5, 0.6) is 0 Å². The molecule has 0 aromatic rings. The lowest BCUT2D eigenvalue weighted by Crippen LogP contribution is -2.68. The number of β-lactam (4-membered cyclic amide) rings is 1. The molecule has 1 heterocycles. The van der Waals surface area contributed by atoms with Crippen LogP contribution < -0.4 is 5.73 Å². The van der Waals surface area contributed by atoms with E-state index in [0.717, 1.165) is 5.57 Å². The van der Waals surface area contributed by atoms with Gasteiger partial charge < -0.3 is 10.5 Å². The van der Waals surface area contributed by atoms with Gasteiger partial charge in [-0.05, 0) is 25.8 Å². The fourth-order valence-corrected chi connectivity index (χ4v) is 1.91. The van der Waals surface area contributed by atoms with Gasteiger partial charge in [0.05, 0.1) is 13.2 Å². The molecule has 2 N–H and O–H groups in total. The highest BCUT2D eigenvalue weighted by molar-refractivity contribution is 6.00. The van der Waals surface area contributed by atoms with E-state index >= 15 is 0 Å². The molecule has 0 bridgehead atoms. The second-order valence-corrected chi connectivity index (χ2v) is 4.17. The summed E-state index contributed by atoms with van der Waals surface area (Å²) >= 11 is 0. The summed E-state index contributed by atoms with van der Waals surface area (Å²) in [7, 11) is 1.29. The molecule has 5 nitrogen and oxygen atoms in total. The van der Waals surface area contributed by atoms with Gasteiger partial charge in [-0.3, -0.25) is 9.69 Å². The standard InChI is InChI=1S/C12H18N2O3/c1-5-6-8-9(13)11(15)14(8)10(7(2)3)12(16)17-4/h5,8-9H,1,6,13H2,2-4H3/t8-,9?/m1/s1. The number of carbonyl (C=O) groups is 2. The van der Waals surface area contributed by atoms with Gasteiger partial charge in [0, 0.05) is 0 Å². The van der Waals surface area contributed by atoms with Gasteiger partial charge >= 0.3 is 5.97 Å². The molecular weight excluding hydrogens is 220 g/mol. The Bertz CT molecular complexity index is 383. The Balaban J connectivity index is 3.04. The quantitative estimate of drug-likeness (QED) is 0.336. The lowest BCUT2D eigenvalue weighted by Gasteiger charge is -2.45. The molecule has 1 rings (SSSR count). The summed E-state index contributed by atoms with van der Waals surface area (Å²) in [5, 5.41) is 0. The number of allylic oxidation sites excluding steroid dienone is 1. The van der Waals surface area contributed by atoms with Gasteiger partial charge in [0.1, 0.15) is 11.7 Å². The van der Waals surface area contributed by atoms with Crippen LogP contribution in [0.1, 0.15) is 20.3 Å². The van der Waals surface area contributed by atoms with Gasteiger partial charge in [0.15, 0.2) is 0 Å². The molecule has 0 saturated carbocycles. The number of rotatable bonds is 4. The van der Waals surface area contributed by atoms with E-state index in [1.54, 1.807) is 19.9 Å². The average Bonchev–Trinajstić information content (AvgIpc) is 2.31. The van der Waals surface area contributed by atoms with E-state index in [2.05, 4.69) is 11.3 Å². The summed E-state index contributed by atoms with van der Waals surface area (Å²) in [6.45, 7) is 7.14. The van der Waals surface area contributed by atoms with Crippen molar-refractivity contribution in [3.8, 4) is 0 Å². The minimum atomic E-state index is -0.563. The lowest BCUT2D eigenvalue weighted by atomic mass is 9.91. The van der Waals surface area contributed by atoms with Crippen LogP contribution in [0.4, 0.5) is 0 Å². The van der Waals surface area contributed by atoms with Crippen LogP contribution in [0.15, 0.2) is 23.9 Å². The fraction of sp³-hybridized carbons (Fsp3) is 0.500. The van der Waals surface area contributed by atoms with Gasteiger partial charge in [-0.15, -0.1) is 6.58 Å². The van der Waals surface area contributed by atoms with Gasteiger partial charge in [-0.2, -0.15) is 0 Å². The first kappa shape index (κ1) is 13.4. The first-order valence-corrected chi connectivity index (χ1v) is 5.41. The third kappa shape index (κ3) is 2.24. The number of amides is 1. The molecule has 1 fully saturated rings. The molecule has 1 unspecified atom stereocenters. The zero-order valence-electron chi connectivity index (χ0n) is 10.4. The summed E-state index contributed by atoms with van der Waals surface area (Å²) in [5.41, 5.74) is 6.72. The maximum atomic E-state index is 11.7. The summed E-state index contributed by atoms with van der Waals surface area (Å²) in [6.07, 6.45) is 2.24. The third-order valence-corrected chi connectivity index (χ3v) is 2.77. The second kappa shape index (κ2) is 5.14. The predicted octanol–water partition coefficient (Wildman–Crippen LogP) is 0.567. The van der Waals surface area contributed by atoms with Crippen LogP contribution in [-0.4, -0.2) is 36.0 Å². The van der Waals surface area contributed by atoms with Crippen LogP contribution in [0.25, 0.3) is 0 Å². The highest BCUT2D eigenvalue weighted by Crippen LogP contribution is 2.29. The Morgan fingerprint density at radius 3 is 2.59 bits per heavy atom. The molecule has 0 spiro atoms. The Hall–Kier alpha value is -1.62. The molecule has 2 atom stereocenters. The molecule has 17 heavy (non-hydrogen) atoms. The fourth-order valence-electron chi connectivity index (χ4n) is 1.91. The van der Waals surface area contributed by atoms with Gasteiger partial charge in [-0.25, -0.2) is 4.79 Å². The minimum Gasteiger partial charge on any atom is -0.464 e. The summed E-state index contributed by atoms with van der Waals surface area (Å²) in [4.78, 5) is 24.8. The van der Waals surface area contributed by atoms with Gasteiger partial charge in [0.2, 0.25) is 5.91 Å². The molecule has 0 aromatic heterocycles. The molecule has 0 aromatic carbocycles. The van der Waals surface area contributed by atoms with E-state index in [1.165, 1.54) is 12.0 Å². The second-order valence-electron chi connectivity index (χ2n) is 4.17. The van der Waals surface area contributed by atoms with Crippen molar-refractivity contribution in [2.75, 3.05) is 7.11 Å². The molecule has 0 aliphatic carbocycles. The lowest BCUT2D eigenvalue weighted by molar-refractivity contribution is -0.152. The van der Waals surface area contributed by atoms with Crippen molar-refractivity contribution in [1.82, 2.24) is 4.90 Å². The number of esters is 1. The van der Waals surface area contributed by atoms with Crippen molar-refractivity contribution in [1.29, 1.82) is 0 Å². The van der Waals surface area contributed by atoms with Crippen molar-refractivity contribution >= 4 is 11.9 Å². The number of methoxy groups -OCH3 is 1. The monoisotopic (exact) mass is 238 g/mol. The minimum absolute atomic E-state index is 0.205. The molecule has 0 radical (unpaired) electrons. The predicted molar refractivity (Wildman–Crippen MR) is 63.8 cm³/mol. The van der Waals surface area contributed by atoms with Crippen LogP contribution in [-0.2, 0) is 14.3 Å². The topological polar surface area (TPSA) is 72.6 Å². The number of nitrogens with zero attached hydrogens (tertiary/aromatic N) is 1. The maximum Gasteiger partial charge on any atom is 0.354 e. The van der Waals surface area contributed by atoms with E-state index < -0.39 is 12.0 Å². The van der Waals surface area contributed by atoms with Crippen molar-refractivity contribution in [3.05, 3.63) is 23.9 Å². The molecule has 1 amide bonds. The zero-order valence-corrected chi connectivity index (χ0v) is 10.4. The van der Waals surface area contributed by atoms with Crippen molar-refractivity contribution in [3.63, 3.8) is 0 Å². The largest absolute Gasteiger partial charge is 0.464 e. The van der Waals surface area contributed by atoms with Crippen LogP contribution in [0.3, 0.4) is 0 Å². The van der Waals surface area contributed by atoms with E-state index in [1.807, 2.05) is 0 Å². The number of ether oxygens (including phenoxy) is 1. The number of likely N-dealkylation sites (tertiary alicyclic amines) is 1. The van der Waals surface area contributed by atoms with Crippen LogP contribution >= 0.6 is 0 Å². The maximum absolute atomic E-state index is 11.7. The highest BCUT2D eigenvalue weighted by Gasteiger charge is 2.47. The van der Waals surface area contributed by atoms with Crippen LogP contribution in [0, 0.1) is 0 Å². The zero-order chi connectivity index (χ0) is 13.2. The Morgan fingerprint density at radius 1 is 1.59 bits per heavy atom. The van der Waals surface area contributed by atoms with Crippen molar-refractivity contribution < 1.29 is 14.3 Å². The summed E-state index contributed by atoms with van der Waals surface area (Å²) < 4.78 is 4.68. The smallest absolute Gasteiger partial charge is 0.354 e. The van der Waals surface area contributed by atoms with Crippen molar-refractivity contribution in [2.45, 2.75) is 32.4 Å². The van der Waals surface area contributed by atoms with Gasteiger partial charge in [-0.1, -0.05) is 6.08 Å². The molecular formula is C12H18N2O3. The number of hydrogen-bond donors (Lipinski definition) is 1. The summed E-state index contributed by atoms with van der Waals surface area (Å²) in [5.74, 6) is -0.766. The summed E-state index contributed by atoms with van der Waals surface area (Å²) in [6, 6.07) is -0.768. The first-order valence-electron chi connectivity index (χ1n) is 5.41. The normalized spacial score (nSPS) is 22.8. The average molecular weight is 238 g/mol. The molecule has 94 valence electrons. The number of nitrogens with two attached hydrogens (primary N) is 1. The molecule has 5 heteroatoms. The Morgan fingerprint density at radius 2 is 2.18 bits per heavy atom. The highest BCUT2D eigenvalue weighted by atomic mass is 16.5. The first-order chi connectivity index (χ1) is 7.95. The van der Waals surface area contributed by atoms with E-state index in [0.29, 0.717) is 6.42 Å². The van der Waals surface area contributed by atoms with Crippen LogP contribution in [0.2, 0.25) is 0 Å². The Labute approximate surface area is 101 Å². The number of hydrogen-bond acceptors (Lipinski definition) is 4. The molecule has 1 aliphatic heterocycles. The third-order valence-electron chi connectivity index (χ3n) is 2.77. The van der Waals surface area contributed by atoms with E-state index in [-0.39, 0.29) is 17.6 Å². The van der Waals surface area contributed by atoms with Crippen molar-refractivity contribution in [2.24, 2.45) is 5.73 Å². The van der Waals surface area contributed by atoms with Gasteiger partial charge in [0.25, 0.3) is 0 Å². The number of carbonyl (C=O) groups excluding carboxylic acids is 2. The SMILES string of the molecule is C=CC[C@@H]1C(N)C(=O)N1C(C(=O)OC)=C(C)C. The molecule has 1 saturated heterocycles.